The summed E-state index contributed by atoms with van der Waals surface area (Å²) in [5, 5.41) is 2.63. The molecule has 7 nitrogen and oxygen atoms in total. The van der Waals surface area contributed by atoms with Crippen LogP contribution < -0.4 is 5.32 Å². The van der Waals surface area contributed by atoms with Gasteiger partial charge < -0.3 is 14.8 Å². The van der Waals surface area contributed by atoms with Gasteiger partial charge in [-0.25, -0.2) is 4.79 Å². The fraction of sp³-hybridized carbons (Fsp3) is 0.360. The summed E-state index contributed by atoms with van der Waals surface area (Å²) in [5.41, 5.74) is 1.44. The lowest BCUT2D eigenvalue weighted by molar-refractivity contribution is -0.154. The lowest BCUT2D eigenvalue weighted by Gasteiger charge is -2.28. The highest BCUT2D eigenvalue weighted by molar-refractivity contribution is 6.01. The molecule has 0 radical (unpaired) electrons. The van der Waals surface area contributed by atoms with Crippen LogP contribution in [0.5, 0.6) is 0 Å². The second-order valence-corrected chi connectivity index (χ2v) is 8.34. The van der Waals surface area contributed by atoms with Gasteiger partial charge in [-0.1, -0.05) is 30.3 Å². The van der Waals surface area contributed by atoms with E-state index >= 15 is 0 Å². The van der Waals surface area contributed by atoms with E-state index in [4.69, 9.17) is 4.74 Å². The number of fused-ring (bicyclic) bond motifs is 2. The minimum Gasteiger partial charge on any atom is -0.465 e. The van der Waals surface area contributed by atoms with E-state index in [0.717, 1.165) is 19.3 Å². The standard InChI is InChI=1S/C25H25NO6/c1-31-24(29)16-9-11-19(12-10-16)26-20(27)14-32-25(30)22-18-8-7-17(13-18)21(22)23(28)15-5-3-2-4-6-15/h2-6,9-12,17-18,21-22H,7-8,13-14H2,1H3,(H,26,27)/t17-,18-,21-,22-/m0/s1. The Bertz CT molecular complexity index is 1020. The summed E-state index contributed by atoms with van der Waals surface area (Å²) >= 11 is 0. The molecule has 0 aliphatic heterocycles. The number of hydrogen-bond donors (Lipinski definition) is 1. The van der Waals surface area contributed by atoms with Crippen LogP contribution in [0.15, 0.2) is 54.6 Å². The minimum atomic E-state index is -0.506. The van der Waals surface area contributed by atoms with E-state index in [-0.39, 0.29) is 17.6 Å². The Kier molecular flexibility index (Phi) is 6.35. The van der Waals surface area contributed by atoms with Crippen molar-refractivity contribution in [3.63, 3.8) is 0 Å². The zero-order valence-corrected chi connectivity index (χ0v) is 17.8. The number of Topliss-reactive ketones (excluding diaryl/α,β-unsaturated/α-hetero) is 1. The van der Waals surface area contributed by atoms with Crippen molar-refractivity contribution in [1.29, 1.82) is 0 Å². The predicted octanol–water partition coefficient (Wildman–Crippen LogP) is 3.50. The van der Waals surface area contributed by atoms with Crippen molar-refractivity contribution >= 4 is 29.3 Å². The smallest absolute Gasteiger partial charge is 0.337 e. The van der Waals surface area contributed by atoms with Gasteiger partial charge in [-0.2, -0.15) is 0 Å². The molecule has 4 rings (SSSR count). The summed E-state index contributed by atoms with van der Waals surface area (Å²) in [6.45, 7) is -0.433. The van der Waals surface area contributed by atoms with Crippen LogP contribution in [0.2, 0.25) is 0 Å². The number of carbonyl (C=O) groups excluding carboxylic acids is 4. The molecule has 2 saturated carbocycles. The molecule has 1 N–H and O–H groups in total. The number of hydrogen-bond acceptors (Lipinski definition) is 6. The summed E-state index contributed by atoms with van der Waals surface area (Å²) in [6.07, 6.45) is 2.70. The molecule has 2 aromatic rings. The highest BCUT2D eigenvalue weighted by Gasteiger charge is 2.54. The van der Waals surface area contributed by atoms with Crippen LogP contribution >= 0.6 is 0 Å². The van der Waals surface area contributed by atoms with Crippen LogP contribution in [-0.4, -0.2) is 37.3 Å². The van der Waals surface area contributed by atoms with Crippen molar-refractivity contribution in [2.45, 2.75) is 19.3 Å². The normalized spacial score (nSPS) is 23.4. The molecule has 0 aromatic heterocycles. The van der Waals surface area contributed by atoms with Gasteiger partial charge >= 0.3 is 11.9 Å². The van der Waals surface area contributed by atoms with Gasteiger partial charge in [-0.15, -0.1) is 0 Å². The monoisotopic (exact) mass is 435 g/mol. The summed E-state index contributed by atoms with van der Waals surface area (Å²) < 4.78 is 9.97. The first-order valence-corrected chi connectivity index (χ1v) is 10.7. The maximum absolute atomic E-state index is 13.1. The number of amides is 1. The van der Waals surface area contributed by atoms with E-state index in [2.05, 4.69) is 10.1 Å². The molecule has 4 atom stereocenters. The third kappa shape index (κ3) is 4.42. The van der Waals surface area contributed by atoms with Crippen molar-refractivity contribution in [1.82, 2.24) is 0 Å². The maximum atomic E-state index is 13.1. The first kappa shape index (κ1) is 21.7. The molecule has 32 heavy (non-hydrogen) atoms. The third-order valence-corrected chi connectivity index (χ3v) is 6.48. The summed E-state index contributed by atoms with van der Waals surface area (Å²) in [6, 6.07) is 15.2. The van der Waals surface area contributed by atoms with Gasteiger partial charge in [0.15, 0.2) is 12.4 Å². The number of methoxy groups -OCH3 is 1. The van der Waals surface area contributed by atoms with E-state index in [0.29, 0.717) is 16.8 Å². The van der Waals surface area contributed by atoms with Crippen molar-refractivity contribution < 1.29 is 28.7 Å². The quantitative estimate of drug-likeness (QED) is 0.528. The second kappa shape index (κ2) is 9.34. The SMILES string of the molecule is COC(=O)c1ccc(NC(=O)COC(=O)[C@H]2[C@H]3CC[C@@H](C3)[C@@H]2C(=O)c2ccccc2)cc1. The molecule has 2 aliphatic carbocycles. The topological polar surface area (TPSA) is 98.8 Å². The predicted molar refractivity (Wildman–Crippen MR) is 116 cm³/mol. The molecule has 1 amide bonds. The van der Waals surface area contributed by atoms with Gasteiger partial charge in [-0.05, 0) is 55.4 Å². The van der Waals surface area contributed by atoms with Gasteiger partial charge in [0.2, 0.25) is 0 Å². The first-order valence-electron chi connectivity index (χ1n) is 10.7. The Morgan fingerprint density at radius 3 is 2.19 bits per heavy atom. The van der Waals surface area contributed by atoms with Gasteiger partial charge in [0, 0.05) is 17.2 Å². The average molecular weight is 435 g/mol. The first-order chi connectivity index (χ1) is 15.5. The molecule has 0 saturated heterocycles. The minimum absolute atomic E-state index is 0.0186. The Morgan fingerprint density at radius 1 is 0.875 bits per heavy atom. The van der Waals surface area contributed by atoms with Gasteiger partial charge in [-0.3, -0.25) is 14.4 Å². The molecular formula is C25H25NO6. The number of benzene rings is 2. The molecule has 166 valence electrons. The van der Waals surface area contributed by atoms with E-state index in [1.54, 1.807) is 24.3 Å². The Hall–Kier alpha value is -3.48. The zero-order valence-electron chi connectivity index (χ0n) is 17.8. The number of rotatable bonds is 7. The average Bonchev–Trinajstić information content (AvgIpc) is 3.44. The van der Waals surface area contributed by atoms with Crippen LogP contribution in [0.25, 0.3) is 0 Å². The number of esters is 2. The molecular weight excluding hydrogens is 410 g/mol. The molecule has 2 aromatic carbocycles. The molecule has 2 fully saturated rings. The Labute approximate surface area is 186 Å². The van der Waals surface area contributed by atoms with Gasteiger partial charge in [0.1, 0.15) is 0 Å². The Morgan fingerprint density at radius 2 is 1.53 bits per heavy atom. The highest BCUT2D eigenvalue weighted by Crippen LogP contribution is 2.53. The molecule has 2 aliphatic rings. The van der Waals surface area contributed by atoms with E-state index < -0.39 is 36.3 Å². The third-order valence-electron chi connectivity index (χ3n) is 6.48. The van der Waals surface area contributed by atoms with Crippen LogP contribution in [0.4, 0.5) is 5.69 Å². The molecule has 0 unspecified atom stereocenters. The number of anilines is 1. The van der Waals surface area contributed by atoms with Crippen molar-refractivity contribution in [2.24, 2.45) is 23.7 Å². The number of nitrogens with one attached hydrogen (secondary N) is 1. The number of carbonyl (C=O) groups is 4. The fourth-order valence-electron chi connectivity index (χ4n) is 5.04. The molecule has 0 heterocycles. The van der Waals surface area contributed by atoms with E-state index in [1.165, 1.54) is 19.2 Å². The fourth-order valence-corrected chi connectivity index (χ4v) is 5.04. The zero-order chi connectivity index (χ0) is 22.7. The van der Waals surface area contributed by atoms with Crippen LogP contribution in [0.1, 0.15) is 40.0 Å². The van der Waals surface area contributed by atoms with Crippen molar-refractivity contribution in [3.8, 4) is 0 Å². The summed E-state index contributed by atoms with van der Waals surface area (Å²) in [4.78, 5) is 49.7. The Balaban J connectivity index is 1.36. The molecule has 2 bridgehead atoms. The van der Waals surface area contributed by atoms with Crippen molar-refractivity contribution in [3.05, 3.63) is 65.7 Å². The lowest BCUT2D eigenvalue weighted by Crippen LogP contribution is -2.37. The van der Waals surface area contributed by atoms with Crippen LogP contribution in [0.3, 0.4) is 0 Å². The van der Waals surface area contributed by atoms with Crippen LogP contribution in [-0.2, 0) is 19.1 Å². The van der Waals surface area contributed by atoms with E-state index in [9.17, 15) is 19.2 Å². The molecule has 7 heteroatoms. The van der Waals surface area contributed by atoms with E-state index in [1.807, 2.05) is 18.2 Å². The number of ketones is 1. The molecule has 0 spiro atoms. The maximum Gasteiger partial charge on any atom is 0.337 e. The van der Waals surface area contributed by atoms with Crippen molar-refractivity contribution in [2.75, 3.05) is 19.0 Å². The van der Waals surface area contributed by atoms with Gasteiger partial charge in [0.05, 0.1) is 18.6 Å². The lowest BCUT2D eigenvalue weighted by atomic mass is 9.75. The highest BCUT2D eigenvalue weighted by atomic mass is 16.5. The second-order valence-electron chi connectivity index (χ2n) is 8.34. The van der Waals surface area contributed by atoms with Gasteiger partial charge in [0.25, 0.3) is 5.91 Å². The summed E-state index contributed by atoms with van der Waals surface area (Å²) in [5.74, 6) is -2.05. The largest absolute Gasteiger partial charge is 0.465 e. The number of ether oxygens (including phenoxy) is 2. The van der Waals surface area contributed by atoms with Crippen LogP contribution in [0, 0.1) is 23.7 Å². The summed E-state index contributed by atoms with van der Waals surface area (Å²) in [7, 11) is 1.29.